The second kappa shape index (κ2) is 5.62. The third-order valence-electron chi connectivity index (χ3n) is 1.86. The number of allylic oxidation sites excluding steroid dienone is 1. The zero-order valence-corrected chi connectivity index (χ0v) is 8.60. The van der Waals surface area contributed by atoms with Crippen molar-refractivity contribution in [2.75, 3.05) is 5.32 Å². The first-order chi connectivity index (χ1) is 7.69. The average Bonchev–Trinajstić information content (AvgIpc) is 2.31. The zero-order chi connectivity index (χ0) is 12.0. The Bertz CT molecular complexity index is 415. The fraction of sp³-hybridized carbons (Fsp3) is 0.100. The summed E-state index contributed by atoms with van der Waals surface area (Å²) in [5, 5.41) is 13.6. The fourth-order valence-electron chi connectivity index (χ4n) is 1.04. The van der Waals surface area contributed by atoms with Gasteiger partial charge >= 0.3 is 0 Å². The van der Waals surface area contributed by atoms with Gasteiger partial charge in [-0.15, -0.1) is 4.91 Å². The molecule has 0 aromatic heterocycles. The molecule has 1 rings (SSSR count). The van der Waals surface area contributed by atoms with E-state index < -0.39 is 11.6 Å². The lowest BCUT2D eigenvalue weighted by atomic mass is 10.3. The van der Waals surface area contributed by atoms with Crippen molar-refractivity contribution in [2.24, 2.45) is 5.18 Å². The van der Waals surface area contributed by atoms with Gasteiger partial charge in [-0.25, -0.2) is 0 Å². The van der Waals surface area contributed by atoms with E-state index in [-0.39, 0.29) is 5.70 Å². The molecule has 6 heteroatoms. The largest absolute Gasteiger partial charge is 0.320 e. The Morgan fingerprint density at radius 3 is 2.44 bits per heavy atom. The summed E-state index contributed by atoms with van der Waals surface area (Å²) in [7, 11) is 0. The van der Waals surface area contributed by atoms with Crippen molar-refractivity contribution in [3.8, 4) is 0 Å². The molecular weight excluding hydrogens is 210 g/mol. The number of nitrogens with zero attached hydrogens (tertiary/aromatic N) is 1. The second-order valence-electron chi connectivity index (χ2n) is 3.00. The maximum absolute atomic E-state index is 11.5. The standard InChI is InChI=1S/C10H11N3O3/c1-7(12-15)9(13-16)10(14)11-8-5-3-2-4-6-8/h2-6,12,15H,1H3,(H,11,14)/b9-7-. The van der Waals surface area contributed by atoms with Gasteiger partial charge < -0.3 is 5.32 Å². The highest BCUT2D eigenvalue weighted by molar-refractivity contribution is 6.03. The van der Waals surface area contributed by atoms with Gasteiger partial charge in [0.05, 0.1) is 5.70 Å². The summed E-state index contributed by atoms with van der Waals surface area (Å²) < 4.78 is 0. The van der Waals surface area contributed by atoms with E-state index in [2.05, 4.69) is 10.5 Å². The van der Waals surface area contributed by atoms with E-state index in [9.17, 15) is 9.70 Å². The molecule has 0 radical (unpaired) electrons. The smallest absolute Gasteiger partial charge is 0.279 e. The first kappa shape index (κ1) is 11.9. The first-order valence-corrected chi connectivity index (χ1v) is 4.49. The van der Waals surface area contributed by atoms with E-state index in [0.29, 0.717) is 5.69 Å². The molecule has 0 saturated carbocycles. The number of anilines is 1. The summed E-state index contributed by atoms with van der Waals surface area (Å²) in [6.07, 6.45) is 0. The average molecular weight is 221 g/mol. The van der Waals surface area contributed by atoms with E-state index in [1.165, 1.54) is 6.92 Å². The molecule has 0 unspecified atom stereocenters. The van der Waals surface area contributed by atoms with E-state index in [1.807, 2.05) is 0 Å². The summed E-state index contributed by atoms with van der Waals surface area (Å²) in [5.41, 5.74) is 1.84. The van der Waals surface area contributed by atoms with Gasteiger partial charge in [-0.05, 0) is 24.2 Å². The first-order valence-electron chi connectivity index (χ1n) is 4.49. The van der Waals surface area contributed by atoms with Crippen molar-refractivity contribution in [1.29, 1.82) is 0 Å². The van der Waals surface area contributed by atoms with Crippen LogP contribution in [-0.2, 0) is 4.79 Å². The third kappa shape index (κ3) is 2.89. The quantitative estimate of drug-likeness (QED) is 0.409. The van der Waals surface area contributed by atoms with Crippen molar-refractivity contribution in [1.82, 2.24) is 5.48 Å². The van der Waals surface area contributed by atoms with Crippen LogP contribution in [0.2, 0.25) is 0 Å². The van der Waals surface area contributed by atoms with Gasteiger partial charge in [-0.2, -0.15) is 0 Å². The molecule has 16 heavy (non-hydrogen) atoms. The Hall–Kier alpha value is -2.21. The third-order valence-corrected chi connectivity index (χ3v) is 1.86. The predicted octanol–water partition coefficient (Wildman–Crippen LogP) is 1.60. The number of carbonyl (C=O) groups excluding carboxylic acids is 1. The van der Waals surface area contributed by atoms with Crippen LogP contribution in [0.4, 0.5) is 5.69 Å². The minimum absolute atomic E-state index is 0.0107. The van der Waals surface area contributed by atoms with Crippen LogP contribution in [0.1, 0.15) is 6.92 Å². The number of hydrogen-bond acceptors (Lipinski definition) is 5. The summed E-state index contributed by atoms with van der Waals surface area (Å²) in [4.78, 5) is 21.9. The normalized spacial score (nSPS) is 11.4. The topological polar surface area (TPSA) is 90.8 Å². The van der Waals surface area contributed by atoms with Crippen LogP contribution in [-0.4, -0.2) is 11.1 Å². The van der Waals surface area contributed by atoms with Gasteiger partial charge in [0.2, 0.25) is 0 Å². The van der Waals surface area contributed by atoms with Crippen LogP contribution in [0.5, 0.6) is 0 Å². The highest BCUT2D eigenvalue weighted by Gasteiger charge is 2.13. The molecule has 0 atom stereocenters. The lowest BCUT2D eigenvalue weighted by Crippen LogP contribution is -2.18. The van der Waals surface area contributed by atoms with Crippen molar-refractivity contribution in [3.63, 3.8) is 0 Å². The van der Waals surface area contributed by atoms with Crippen molar-refractivity contribution >= 4 is 11.6 Å². The van der Waals surface area contributed by atoms with E-state index >= 15 is 0 Å². The number of nitrogens with one attached hydrogen (secondary N) is 2. The molecule has 6 nitrogen and oxygen atoms in total. The Morgan fingerprint density at radius 1 is 1.31 bits per heavy atom. The minimum atomic E-state index is -0.680. The number of nitroso groups, excluding NO2 is 1. The molecule has 0 fully saturated rings. The van der Waals surface area contributed by atoms with Gasteiger partial charge in [-0.1, -0.05) is 18.2 Å². The molecule has 0 aliphatic heterocycles. The van der Waals surface area contributed by atoms with Crippen LogP contribution in [0.15, 0.2) is 46.9 Å². The Balaban J connectivity index is 2.83. The van der Waals surface area contributed by atoms with Crippen LogP contribution in [0.25, 0.3) is 0 Å². The van der Waals surface area contributed by atoms with Crippen molar-refractivity contribution in [2.45, 2.75) is 6.92 Å². The maximum atomic E-state index is 11.5. The molecule has 0 spiro atoms. The molecule has 0 aliphatic carbocycles. The molecule has 84 valence electrons. The molecule has 0 saturated heterocycles. The van der Waals surface area contributed by atoms with Crippen LogP contribution in [0.3, 0.4) is 0 Å². The summed E-state index contributed by atoms with van der Waals surface area (Å²) in [5.74, 6) is -0.680. The van der Waals surface area contributed by atoms with Gasteiger partial charge in [0, 0.05) is 5.69 Å². The summed E-state index contributed by atoms with van der Waals surface area (Å²) in [6, 6.07) is 8.62. The number of amides is 1. The summed E-state index contributed by atoms with van der Waals surface area (Å²) >= 11 is 0. The van der Waals surface area contributed by atoms with Crippen LogP contribution < -0.4 is 10.8 Å². The van der Waals surface area contributed by atoms with E-state index in [4.69, 9.17) is 5.21 Å². The SMILES string of the molecule is C/C(NO)=C(/N=O)C(=O)Nc1ccccc1. The molecule has 1 aromatic rings. The number of hydrogen-bond donors (Lipinski definition) is 3. The van der Waals surface area contributed by atoms with Crippen molar-refractivity contribution < 1.29 is 10.0 Å². The Kier molecular flexibility index (Phi) is 4.16. The number of carbonyl (C=O) groups is 1. The Morgan fingerprint density at radius 2 is 1.94 bits per heavy atom. The minimum Gasteiger partial charge on any atom is -0.320 e. The van der Waals surface area contributed by atoms with Crippen molar-refractivity contribution in [3.05, 3.63) is 46.6 Å². The maximum Gasteiger partial charge on any atom is 0.279 e. The second-order valence-corrected chi connectivity index (χ2v) is 3.00. The number of hydroxylamine groups is 1. The van der Waals surface area contributed by atoms with Gasteiger partial charge in [0.25, 0.3) is 5.91 Å². The highest BCUT2D eigenvalue weighted by Crippen LogP contribution is 2.09. The predicted molar refractivity (Wildman–Crippen MR) is 58.5 cm³/mol. The number of rotatable bonds is 4. The van der Waals surface area contributed by atoms with Crippen LogP contribution >= 0.6 is 0 Å². The zero-order valence-electron chi connectivity index (χ0n) is 8.60. The van der Waals surface area contributed by atoms with E-state index in [0.717, 1.165) is 0 Å². The lowest BCUT2D eigenvalue weighted by Gasteiger charge is -2.05. The molecule has 1 amide bonds. The van der Waals surface area contributed by atoms with E-state index in [1.54, 1.807) is 35.8 Å². The lowest BCUT2D eigenvalue weighted by molar-refractivity contribution is -0.113. The molecule has 1 aromatic carbocycles. The van der Waals surface area contributed by atoms with Gasteiger partial charge in [0.1, 0.15) is 0 Å². The molecule has 0 heterocycles. The number of benzene rings is 1. The monoisotopic (exact) mass is 221 g/mol. The molecule has 0 bridgehead atoms. The molecule has 3 N–H and O–H groups in total. The highest BCUT2D eigenvalue weighted by atomic mass is 16.5. The van der Waals surface area contributed by atoms with Crippen LogP contribution in [0, 0.1) is 4.91 Å². The summed E-state index contributed by atoms with van der Waals surface area (Å²) in [6.45, 7) is 1.36. The number of para-hydroxylation sites is 1. The van der Waals surface area contributed by atoms with Gasteiger partial charge in [0.15, 0.2) is 5.70 Å². The Labute approximate surface area is 91.9 Å². The molecular formula is C10H11N3O3. The van der Waals surface area contributed by atoms with Gasteiger partial charge in [-0.3, -0.25) is 15.5 Å². The fourth-order valence-corrected chi connectivity index (χ4v) is 1.04. The molecule has 0 aliphatic rings.